The van der Waals surface area contributed by atoms with Crippen molar-refractivity contribution >= 4 is 17.3 Å². The molecule has 0 aliphatic carbocycles. The minimum atomic E-state index is -0.251. The minimum absolute atomic E-state index is 0.172. The molecule has 2 aromatic carbocycles. The number of carbonyl (C=O) groups excluding carboxylic acids is 1. The number of anilines is 2. The Labute approximate surface area is 117 Å². The van der Waals surface area contributed by atoms with E-state index in [0.29, 0.717) is 6.61 Å². The van der Waals surface area contributed by atoms with E-state index >= 15 is 0 Å². The molecule has 0 unspecified atom stereocenters. The zero-order chi connectivity index (χ0) is 13.9. The highest BCUT2D eigenvalue weighted by atomic mass is 16.6. The van der Waals surface area contributed by atoms with E-state index in [0.717, 1.165) is 22.9 Å². The van der Waals surface area contributed by atoms with Crippen LogP contribution in [0.15, 0.2) is 48.5 Å². The Bertz CT molecular complexity index is 594. The fourth-order valence-corrected chi connectivity index (χ4v) is 2.29. The third kappa shape index (κ3) is 2.20. The predicted molar refractivity (Wildman–Crippen MR) is 76.6 cm³/mol. The lowest BCUT2D eigenvalue weighted by atomic mass is 10.2. The first-order chi connectivity index (χ1) is 9.79. The zero-order valence-electron chi connectivity index (χ0n) is 11.2. The lowest BCUT2D eigenvalue weighted by Crippen LogP contribution is -2.29. The van der Waals surface area contributed by atoms with Gasteiger partial charge in [0.25, 0.3) is 0 Å². The maximum absolute atomic E-state index is 11.8. The van der Waals surface area contributed by atoms with E-state index in [-0.39, 0.29) is 12.5 Å². The summed E-state index contributed by atoms with van der Waals surface area (Å²) >= 11 is 0. The Balaban J connectivity index is 2.01. The lowest BCUT2D eigenvalue weighted by Gasteiger charge is -2.31. The van der Waals surface area contributed by atoms with Crippen LogP contribution in [0.2, 0.25) is 0 Å². The van der Waals surface area contributed by atoms with Gasteiger partial charge in [-0.05, 0) is 31.2 Å². The third-order valence-corrected chi connectivity index (χ3v) is 3.12. The van der Waals surface area contributed by atoms with Crippen molar-refractivity contribution in [3.63, 3.8) is 0 Å². The summed E-state index contributed by atoms with van der Waals surface area (Å²) in [5.41, 5.74) is 1.75. The molecule has 0 saturated heterocycles. The molecule has 0 spiro atoms. The van der Waals surface area contributed by atoms with Gasteiger partial charge in [-0.25, -0.2) is 0 Å². The van der Waals surface area contributed by atoms with Crippen molar-refractivity contribution in [1.82, 2.24) is 0 Å². The second-order valence-corrected chi connectivity index (χ2v) is 4.43. The highest BCUT2D eigenvalue weighted by Crippen LogP contribution is 2.45. The van der Waals surface area contributed by atoms with Crippen LogP contribution >= 0.6 is 0 Å². The standard InChI is InChI=1S/C16H15NO3/c1-2-19-16(18)11-17-12-7-3-5-9-14(12)20-15-10-6-4-8-13(15)17/h3-10H,2,11H2,1H3/i11+2. The Morgan fingerprint density at radius 2 is 1.65 bits per heavy atom. The van der Waals surface area contributed by atoms with E-state index in [4.69, 9.17) is 9.47 Å². The molecule has 0 bridgehead atoms. The number of ether oxygens (including phenoxy) is 2. The molecule has 4 heteroatoms. The summed E-state index contributed by atoms with van der Waals surface area (Å²) in [4.78, 5) is 13.7. The molecule has 2 aromatic rings. The van der Waals surface area contributed by atoms with Gasteiger partial charge in [0.1, 0.15) is 6.54 Å². The number of nitrogens with zero attached hydrogens (tertiary/aromatic N) is 1. The predicted octanol–water partition coefficient (Wildman–Crippen LogP) is 3.49. The number of hydrogen-bond donors (Lipinski definition) is 0. The van der Waals surface area contributed by atoms with Gasteiger partial charge in [-0.2, -0.15) is 0 Å². The molecule has 0 fully saturated rings. The number of hydrogen-bond acceptors (Lipinski definition) is 4. The SMILES string of the molecule is CCOC(=O)[14CH2]N1c2ccccc2Oc2ccccc21. The minimum Gasteiger partial charge on any atom is -0.465 e. The Morgan fingerprint density at radius 3 is 2.20 bits per heavy atom. The normalized spacial score (nSPS) is 12.2. The smallest absolute Gasteiger partial charge is 0.325 e. The second kappa shape index (κ2) is 5.25. The monoisotopic (exact) mass is 271 g/mol. The highest BCUT2D eigenvalue weighted by Gasteiger charge is 2.25. The van der Waals surface area contributed by atoms with Crippen LogP contribution < -0.4 is 9.64 Å². The quantitative estimate of drug-likeness (QED) is 0.801. The molecule has 0 amide bonds. The maximum Gasteiger partial charge on any atom is 0.325 e. The summed E-state index contributed by atoms with van der Waals surface area (Å²) in [5.74, 6) is 1.24. The van der Waals surface area contributed by atoms with Crippen LogP contribution in [0.4, 0.5) is 11.4 Å². The van der Waals surface area contributed by atoms with Crippen LogP contribution in [0.1, 0.15) is 6.92 Å². The molecule has 0 radical (unpaired) electrons. The number of carbonyl (C=O) groups is 1. The maximum atomic E-state index is 11.8. The summed E-state index contributed by atoms with van der Waals surface area (Å²) in [5, 5.41) is 0. The van der Waals surface area contributed by atoms with Crippen LogP contribution in [0.25, 0.3) is 0 Å². The van der Waals surface area contributed by atoms with Gasteiger partial charge in [0.15, 0.2) is 11.5 Å². The van der Waals surface area contributed by atoms with E-state index in [1.54, 1.807) is 6.92 Å². The summed E-state index contributed by atoms with van der Waals surface area (Å²) in [6.07, 6.45) is 0. The molecule has 1 aliphatic rings. The average molecular weight is 271 g/mol. The van der Waals surface area contributed by atoms with Gasteiger partial charge in [-0.15, -0.1) is 0 Å². The van der Waals surface area contributed by atoms with Gasteiger partial charge in [-0.1, -0.05) is 24.3 Å². The van der Waals surface area contributed by atoms with Crippen LogP contribution in [0.3, 0.4) is 0 Å². The molecule has 0 N–H and O–H groups in total. The summed E-state index contributed by atoms with van der Waals surface area (Å²) in [6.45, 7) is 2.36. The molecule has 3 rings (SSSR count). The number of benzene rings is 2. The molecular formula is C16H15NO3. The topological polar surface area (TPSA) is 38.8 Å². The van der Waals surface area contributed by atoms with E-state index < -0.39 is 0 Å². The van der Waals surface area contributed by atoms with Crippen molar-refractivity contribution in [1.29, 1.82) is 0 Å². The van der Waals surface area contributed by atoms with Crippen molar-refractivity contribution in [2.24, 2.45) is 0 Å². The fraction of sp³-hybridized carbons (Fsp3) is 0.188. The van der Waals surface area contributed by atoms with Crippen LogP contribution in [0.5, 0.6) is 11.5 Å². The van der Waals surface area contributed by atoms with Crippen LogP contribution in [0, 0.1) is 0 Å². The number of para-hydroxylation sites is 4. The van der Waals surface area contributed by atoms with Gasteiger partial charge in [0.05, 0.1) is 18.0 Å². The first kappa shape index (κ1) is 12.5. The molecule has 1 heterocycles. The van der Waals surface area contributed by atoms with Crippen molar-refractivity contribution in [3.8, 4) is 11.5 Å². The fourth-order valence-electron chi connectivity index (χ4n) is 2.29. The van der Waals surface area contributed by atoms with Gasteiger partial charge in [0.2, 0.25) is 0 Å². The van der Waals surface area contributed by atoms with Gasteiger partial charge in [0, 0.05) is 0 Å². The molecule has 1 aliphatic heterocycles. The average Bonchev–Trinajstić information content (AvgIpc) is 2.47. The highest BCUT2D eigenvalue weighted by molar-refractivity contribution is 5.85. The molecule has 4 nitrogen and oxygen atoms in total. The first-order valence-corrected chi connectivity index (χ1v) is 6.58. The van der Waals surface area contributed by atoms with Crippen molar-refractivity contribution in [2.45, 2.75) is 6.92 Å². The van der Waals surface area contributed by atoms with E-state index in [1.807, 2.05) is 53.4 Å². The Kier molecular flexibility index (Phi) is 3.29. The summed E-state index contributed by atoms with van der Waals surface area (Å²) < 4.78 is 10.9. The molecule has 20 heavy (non-hydrogen) atoms. The second-order valence-electron chi connectivity index (χ2n) is 4.43. The van der Waals surface area contributed by atoms with Crippen LogP contribution in [-0.4, -0.2) is 19.1 Å². The Morgan fingerprint density at radius 1 is 1.10 bits per heavy atom. The van der Waals surface area contributed by atoms with Gasteiger partial charge in [-0.3, -0.25) is 4.79 Å². The molecule has 0 aromatic heterocycles. The van der Waals surface area contributed by atoms with Crippen LogP contribution in [-0.2, 0) is 9.53 Å². The Hall–Kier alpha value is -2.49. The molecule has 0 saturated carbocycles. The summed E-state index contributed by atoms with van der Waals surface area (Å²) in [6, 6.07) is 15.3. The van der Waals surface area contributed by atoms with E-state index in [1.165, 1.54) is 0 Å². The molecular weight excluding hydrogens is 256 g/mol. The van der Waals surface area contributed by atoms with Gasteiger partial charge >= 0.3 is 5.97 Å². The summed E-state index contributed by atoms with van der Waals surface area (Å²) in [7, 11) is 0. The molecule has 0 atom stereocenters. The number of fused-ring (bicyclic) bond motifs is 2. The lowest BCUT2D eigenvalue weighted by molar-refractivity contribution is -0.141. The van der Waals surface area contributed by atoms with E-state index in [9.17, 15) is 4.79 Å². The zero-order valence-corrected chi connectivity index (χ0v) is 11.2. The molecule has 102 valence electrons. The number of esters is 1. The first-order valence-electron chi connectivity index (χ1n) is 6.58. The van der Waals surface area contributed by atoms with Crippen molar-refractivity contribution in [3.05, 3.63) is 48.5 Å². The van der Waals surface area contributed by atoms with Gasteiger partial charge < -0.3 is 14.4 Å². The number of rotatable bonds is 3. The largest absolute Gasteiger partial charge is 0.465 e. The van der Waals surface area contributed by atoms with Crippen molar-refractivity contribution in [2.75, 3.05) is 18.1 Å². The van der Waals surface area contributed by atoms with Crippen molar-refractivity contribution < 1.29 is 14.3 Å². The van der Waals surface area contributed by atoms with E-state index in [2.05, 4.69) is 0 Å². The third-order valence-electron chi connectivity index (χ3n) is 3.12.